The van der Waals surface area contributed by atoms with Crippen LogP contribution in [0.2, 0.25) is 0 Å². The number of allylic oxidation sites excluding steroid dienone is 3. The summed E-state index contributed by atoms with van der Waals surface area (Å²) in [6, 6.07) is 6.92. The molecule has 1 fully saturated rings. The highest BCUT2D eigenvalue weighted by Crippen LogP contribution is 2.25. The van der Waals surface area contributed by atoms with Crippen molar-refractivity contribution in [2.45, 2.75) is 47.0 Å². The second-order valence-corrected chi connectivity index (χ2v) is 7.42. The topological polar surface area (TPSA) is 74.7 Å². The zero-order chi connectivity index (χ0) is 20.1. The second kappa shape index (κ2) is 8.80. The number of Topliss-reactive ketones (excluding diaryl/α,β-unsaturated/α-hetero) is 1. The van der Waals surface area contributed by atoms with Gasteiger partial charge in [-0.3, -0.25) is 19.3 Å². The molecule has 1 aromatic carbocycles. The number of amides is 2. The highest BCUT2D eigenvalue weighted by Gasteiger charge is 2.40. The lowest BCUT2D eigenvalue weighted by Gasteiger charge is -2.14. The molecule has 1 N–H and O–H groups in total. The first-order chi connectivity index (χ1) is 12.7. The molecule has 27 heavy (non-hydrogen) atoms. The van der Waals surface area contributed by atoms with Gasteiger partial charge in [0.2, 0.25) is 0 Å². The first kappa shape index (κ1) is 20.6. The van der Waals surface area contributed by atoms with Crippen molar-refractivity contribution in [3.8, 4) is 0 Å². The van der Waals surface area contributed by atoms with Crippen molar-refractivity contribution < 1.29 is 19.5 Å². The molecule has 0 aliphatic carbocycles. The summed E-state index contributed by atoms with van der Waals surface area (Å²) in [5.74, 6) is -1.81. The standard InChI is InChI=1S/C22H27NO4/c1-14(2)8-7-9-15(3)12-18(24)20-19(25)13-23(22(20)27)21(26)17-11-6-5-10-16(17)4/h5-6,8,10-11,15,24H,7,9,12-13H2,1-4H3/b20-18-/t15-/m1/s1. The Kier molecular flexibility index (Phi) is 6.72. The number of benzene rings is 1. The average molecular weight is 369 g/mol. The fourth-order valence-corrected chi connectivity index (χ4v) is 3.15. The third kappa shape index (κ3) is 4.94. The minimum absolute atomic E-state index is 0.120. The summed E-state index contributed by atoms with van der Waals surface area (Å²) in [4.78, 5) is 38.5. The van der Waals surface area contributed by atoms with Gasteiger partial charge in [-0.1, -0.05) is 36.8 Å². The molecule has 0 unspecified atom stereocenters. The van der Waals surface area contributed by atoms with Crippen LogP contribution >= 0.6 is 0 Å². The van der Waals surface area contributed by atoms with E-state index in [1.54, 1.807) is 31.2 Å². The minimum Gasteiger partial charge on any atom is -0.511 e. The molecule has 1 atom stereocenters. The monoisotopic (exact) mass is 369 g/mol. The van der Waals surface area contributed by atoms with Crippen LogP contribution in [0.3, 0.4) is 0 Å². The molecule has 1 aliphatic rings. The van der Waals surface area contributed by atoms with Crippen LogP contribution in [-0.4, -0.2) is 34.1 Å². The van der Waals surface area contributed by atoms with Gasteiger partial charge in [0.25, 0.3) is 11.8 Å². The van der Waals surface area contributed by atoms with Gasteiger partial charge in [0.05, 0.1) is 6.54 Å². The van der Waals surface area contributed by atoms with Gasteiger partial charge < -0.3 is 5.11 Å². The van der Waals surface area contributed by atoms with E-state index in [-0.39, 0.29) is 30.2 Å². The van der Waals surface area contributed by atoms with E-state index in [1.165, 1.54) is 5.57 Å². The lowest BCUT2D eigenvalue weighted by molar-refractivity contribution is -0.122. The molecule has 2 amide bonds. The number of carbonyl (C=O) groups is 3. The number of aliphatic hydroxyl groups excluding tert-OH is 1. The number of rotatable bonds is 6. The number of aliphatic hydroxyl groups is 1. The molecule has 144 valence electrons. The Morgan fingerprint density at radius 3 is 2.56 bits per heavy atom. The van der Waals surface area contributed by atoms with Crippen LogP contribution in [-0.2, 0) is 9.59 Å². The fourth-order valence-electron chi connectivity index (χ4n) is 3.15. The van der Waals surface area contributed by atoms with Crippen molar-refractivity contribution in [2.24, 2.45) is 5.92 Å². The molecular formula is C22H27NO4. The number of hydrogen-bond donors (Lipinski definition) is 1. The van der Waals surface area contributed by atoms with Crippen LogP contribution < -0.4 is 0 Å². The van der Waals surface area contributed by atoms with Crippen LogP contribution in [0.25, 0.3) is 0 Å². The fraction of sp³-hybridized carbons (Fsp3) is 0.409. The number of hydrogen-bond acceptors (Lipinski definition) is 4. The Morgan fingerprint density at radius 1 is 1.26 bits per heavy atom. The van der Waals surface area contributed by atoms with Crippen LogP contribution in [0.15, 0.2) is 47.2 Å². The number of ketones is 1. The summed E-state index contributed by atoms with van der Waals surface area (Å²) in [5, 5.41) is 10.4. The van der Waals surface area contributed by atoms with E-state index < -0.39 is 17.6 Å². The van der Waals surface area contributed by atoms with E-state index in [2.05, 4.69) is 6.08 Å². The molecule has 1 aliphatic heterocycles. The average Bonchev–Trinajstić information content (AvgIpc) is 2.88. The van der Waals surface area contributed by atoms with Gasteiger partial charge in [-0.05, 0) is 51.2 Å². The van der Waals surface area contributed by atoms with Gasteiger partial charge in [-0.2, -0.15) is 0 Å². The van der Waals surface area contributed by atoms with Gasteiger partial charge >= 0.3 is 0 Å². The summed E-state index contributed by atoms with van der Waals surface area (Å²) in [7, 11) is 0. The van der Waals surface area contributed by atoms with Crippen LogP contribution in [0.1, 0.15) is 56.0 Å². The molecule has 0 saturated carbocycles. The highest BCUT2D eigenvalue weighted by atomic mass is 16.3. The summed E-state index contributed by atoms with van der Waals surface area (Å²) >= 11 is 0. The molecule has 1 heterocycles. The van der Waals surface area contributed by atoms with Crippen molar-refractivity contribution >= 4 is 17.6 Å². The summed E-state index contributed by atoms with van der Waals surface area (Å²) < 4.78 is 0. The maximum atomic E-state index is 12.7. The molecule has 1 aromatic rings. The van der Waals surface area contributed by atoms with Crippen molar-refractivity contribution in [3.63, 3.8) is 0 Å². The van der Waals surface area contributed by atoms with E-state index in [9.17, 15) is 19.5 Å². The second-order valence-electron chi connectivity index (χ2n) is 7.42. The predicted octanol–water partition coefficient (Wildman–Crippen LogP) is 4.13. The number of nitrogens with zero attached hydrogens (tertiary/aromatic N) is 1. The summed E-state index contributed by atoms with van der Waals surface area (Å²) in [5.41, 5.74) is 2.11. The van der Waals surface area contributed by atoms with Gasteiger partial charge in [0.15, 0.2) is 5.78 Å². The Hall–Kier alpha value is -2.69. The SMILES string of the molecule is CC(C)=CCC[C@@H](C)C/C(O)=C1\C(=O)CN(C(=O)c2ccccc2C)C1=O. The Balaban J connectivity index is 2.14. The van der Waals surface area contributed by atoms with E-state index in [0.717, 1.165) is 23.3 Å². The zero-order valence-electron chi connectivity index (χ0n) is 16.4. The third-order valence-electron chi connectivity index (χ3n) is 4.70. The van der Waals surface area contributed by atoms with Gasteiger partial charge in [0, 0.05) is 12.0 Å². The van der Waals surface area contributed by atoms with Crippen molar-refractivity contribution in [1.82, 2.24) is 4.90 Å². The Labute approximate surface area is 160 Å². The van der Waals surface area contributed by atoms with Gasteiger partial charge in [-0.25, -0.2) is 0 Å². The first-order valence-electron chi connectivity index (χ1n) is 9.22. The Morgan fingerprint density at radius 2 is 1.93 bits per heavy atom. The largest absolute Gasteiger partial charge is 0.511 e. The molecule has 5 heteroatoms. The van der Waals surface area contributed by atoms with Gasteiger partial charge in [0.1, 0.15) is 11.3 Å². The molecule has 0 aromatic heterocycles. The molecular weight excluding hydrogens is 342 g/mol. The molecule has 0 bridgehead atoms. The van der Waals surface area contributed by atoms with E-state index in [1.807, 2.05) is 20.8 Å². The molecule has 2 rings (SSSR count). The van der Waals surface area contributed by atoms with Crippen LogP contribution in [0.4, 0.5) is 0 Å². The van der Waals surface area contributed by atoms with Gasteiger partial charge in [-0.15, -0.1) is 0 Å². The maximum absolute atomic E-state index is 12.7. The normalized spacial score (nSPS) is 17.1. The number of imide groups is 1. The molecule has 0 spiro atoms. The number of carbonyl (C=O) groups excluding carboxylic acids is 3. The quantitative estimate of drug-likeness (QED) is 0.269. The van der Waals surface area contributed by atoms with Crippen molar-refractivity contribution in [2.75, 3.05) is 6.54 Å². The summed E-state index contributed by atoms with van der Waals surface area (Å²) in [6.45, 7) is 7.48. The third-order valence-corrected chi connectivity index (χ3v) is 4.70. The molecule has 0 radical (unpaired) electrons. The minimum atomic E-state index is -0.706. The number of aryl methyl sites for hydroxylation is 1. The van der Waals surface area contributed by atoms with Crippen molar-refractivity contribution in [3.05, 3.63) is 58.4 Å². The molecule has 1 saturated heterocycles. The lowest BCUT2D eigenvalue weighted by atomic mass is 9.97. The predicted molar refractivity (Wildman–Crippen MR) is 104 cm³/mol. The lowest BCUT2D eigenvalue weighted by Crippen LogP contribution is -2.33. The number of likely N-dealkylation sites (tertiary alicyclic amines) is 1. The smallest absolute Gasteiger partial charge is 0.268 e. The van der Waals surface area contributed by atoms with Crippen LogP contribution in [0.5, 0.6) is 0 Å². The highest BCUT2D eigenvalue weighted by molar-refractivity contribution is 6.30. The zero-order valence-corrected chi connectivity index (χ0v) is 16.4. The first-order valence-corrected chi connectivity index (χ1v) is 9.22. The summed E-state index contributed by atoms with van der Waals surface area (Å²) in [6.07, 6.45) is 4.09. The van der Waals surface area contributed by atoms with E-state index >= 15 is 0 Å². The maximum Gasteiger partial charge on any atom is 0.268 e. The molecule has 5 nitrogen and oxygen atoms in total. The van der Waals surface area contributed by atoms with E-state index in [4.69, 9.17) is 0 Å². The van der Waals surface area contributed by atoms with E-state index in [0.29, 0.717) is 5.56 Å². The van der Waals surface area contributed by atoms with Crippen LogP contribution in [0, 0.1) is 12.8 Å². The van der Waals surface area contributed by atoms with Crippen molar-refractivity contribution in [1.29, 1.82) is 0 Å². The Bertz CT molecular complexity index is 815.